The van der Waals surface area contributed by atoms with E-state index in [4.69, 9.17) is 0 Å². The molecular weight excluding hydrogens is 206 g/mol. The largest absolute Gasteiger partial charge is 0.356 e. The van der Waals surface area contributed by atoms with Crippen LogP contribution in [0.25, 0.3) is 0 Å². The Morgan fingerprint density at radius 3 is 2.12 bits per heavy atom. The molecule has 0 aliphatic heterocycles. The van der Waals surface area contributed by atoms with Crippen molar-refractivity contribution >= 4 is 11.8 Å². The summed E-state index contributed by atoms with van der Waals surface area (Å²) in [6.07, 6.45) is 0.794. The molecule has 0 radical (unpaired) electrons. The lowest BCUT2D eigenvalue weighted by Gasteiger charge is -2.08. The molecule has 0 aliphatic rings. The van der Waals surface area contributed by atoms with Crippen LogP contribution in [0.2, 0.25) is 0 Å². The Kier molecular flexibility index (Phi) is 8.52. The fraction of sp³-hybridized carbons (Fsp3) is 0.818. The van der Waals surface area contributed by atoms with Crippen LogP contribution >= 0.6 is 0 Å². The summed E-state index contributed by atoms with van der Waals surface area (Å²) >= 11 is 0. The fourth-order valence-corrected chi connectivity index (χ4v) is 1.05. The van der Waals surface area contributed by atoms with Gasteiger partial charge in [-0.3, -0.25) is 9.59 Å². The Labute approximate surface area is 97.4 Å². The van der Waals surface area contributed by atoms with E-state index in [2.05, 4.69) is 16.0 Å². The fourth-order valence-electron chi connectivity index (χ4n) is 1.05. The minimum Gasteiger partial charge on any atom is -0.356 e. The van der Waals surface area contributed by atoms with Gasteiger partial charge in [0.2, 0.25) is 11.8 Å². The molecule has 0 unspecified atom stereocenters. The Hall–Kier alpha value is -1.10. The van der Waals surface area contributed by atoms with E-state index in [-0.39, 0.29) is 11.8 Å². The Morgan fingerprint density at radius 1 is 1.00 bits per heavy atom. The molecule has 94 valence electrons. The molecular formula is C11H23N3O2. The molecule has 0 aromatic rings. The number of rotatable bonds is 8. The first-order valence-electron chi connectivity index (χ1n) is 5.74. The van der Waals surface area contributed by atoms with Crippen LogP contribution in [-0.4, -0.2) is 38.5 Å². The minimum absolute atomic E-state index is 0.0115. The highest BCUT2D eigenvalue weighted by molar-refractivity contribution is 5.78. The number of amides is 2. The Morgan fingerprint density at radius 2 is 1.56 bits per heavy atom. The maximum Gasteiger partial charge on any atom is 0.221 e. The molecule has 0 rings (SSSR count). The third-order valence-corrected chi connectivity index (χ3v) is 1.98. The summed E-state index contributed by atoms with van der Waals surface area (Å²) in [6, 6.07) is 0. The highest BCUT2D eigenvalue weighted by Crippen LogP contribution is 1.88. The van der Waals surface area contributed by atoms with Crippen molar-refractivity contribution in [2.45, 2.75) is 26.7 Å². The number of nitrogens with one attached hydrogen (secondary N) is 3. The monoisotopic (exact) mass is 229 g/mol. The summed E-state index contributed by atoms with van der Waals surface area (Å²) in [6.45, 7) is 5.84. The van der Waals surface area contributed by atoms with Gasteiger partial charge in [-0.15, -0.1) is 0 Å². The van der Waals surface area contributed by atoms with Crippen LogP contribution in [0.1, 0.15) is 26.7 Å². The normalized spacial score (nSPS) is 10.2. The molecule has 0 aliphatic carbocycles. The van der Waals surface area contributed by atoms with E-state index in [1.165, 1.54) is 0 Å². The molecule has 16 heavy (non-hydrogen) atoms. The number of carbonyl (C=O) groups excluding carboxylic acids is 2. The third-order valence-electron chi connectivity index (χ3n) is 1.98. The second-order valence-electron chi connectivity index (χ2n) is 4.15. The van der Waals surface area contributed by atoms with Crippen molar-refractivity contribution in [3.63, 3.8) is 0 Å². The molecule has 0 fully saturated rings. The molecule has 2 amide bonds. The van der Waals surface area contributed by atoms with E-state index in [0.717, 1.165) is 0 Å². The smallest absolute Gasteiger partial charge is 0.221 e. The van der Waals surface area contributed by atoms with Crippen molar-refractivity contribution < 1.29 is 9.59 Å². The maximum atomic E-state index is 11.3. The van der Waals surface area contributed by atoms with Crippen molar-refractivity contribution in [3.8, 4) is 0 Å². The molecule has 0 spiro atoms. The second kappa shape index (κ2) is 9.15. The zero-order valence-corrected chi connectivity index (χ0v) is 10.4. The van der Waals surface area contributed by atoms with Gasteiger partial charge in [0, 0.05) is 32.5 Å². The van der Waals surface area contributed by atoms with E-state index in [1.54, 1.807) is 7.05 Å². The Bertz CT molecular complexity index is 217. The molecule has 0 saturated carbocycles. The lowest BCUT2D eigenvalue weighted by Crippen LogP contribution is -2.33. The summed E-state index contributed by atoms with van der Waals surface area (Å²) < 4.78 is 0. The molecule has 3 N–H and O–H groups in total. The van der Waals surface area contributed by atoms with Crippen LogP contribution in [0.4, 0.5) is 0 Å². The van der Waals surface area contributed by atoms with Gasteiger partial charge in [-0.1, -0.05) is 13.8 Å². The Balaban J connectivity index is 3.43. The number of hydrogen-bond donors (Lipinski definition) is 3. The molecule has 0 aromatic heterocycles. The number of hydrogen-bond acceptors (Lipinski definition) is 3. The zero-order valence-electron chi connectivity index (χ0n) is 10.4. The first-order valence-corrected chi connectivity index (χ1v) is 5.74. The van der Waals surface area contributed by atoms with Gasteiger partial charge in [0.05, 0.1) is 0 Å². The molecule has 0 saturated heterocycles. The van der Waals surface area contributed by atoms with Crippen molar-refractivity contribution in [2.75, 3.05) is 26.7 Å². The highest BCUT2D eigenvalue weighted by atomic mass is 16.2. The van der Waals surface area contributed by atoms with Gasteiger partial charge in [0.1, 0.15) is 0 Å². The quantitative estimate of drug-likeness (QED) is 0.543. The van der Waals surface area contributed by atoms with Crippen molar-refractivity contribution in [1.82, 2.24) is 16.0 Å². The van der Waals surface area contributed by atoms with Crippen LogP contribution in [0.15, 0.2) is 0 Å². The van der Waals surface area contributed by atoms with Crippen molar-refractivity contribution in [3.05, 3.63) is 0 Å². The van der Waals surface area contributed by atoms with E-state index in [0.29, 0.717) is 38.4 Å². The van der Waals surface area contributed by atoms with Crippen LogP contribution in [0, 0.1) is 5.92 Å². The highest BCUT2D eigenvalue weighted by Gasteiger charge is 2.03. The van der Waals surface area contributed by atoms with Crippen molar-refractivity contribution in [2.24, 2.45) is 5.92 Å². The van der Waals surface area contributed by atoms with Gasteiger partial charge < -0.3 is 16.0 Å². The third kappa shape index (κ3) is 9.45. The minimum atomic E-state index is -0.0222. The van der Waals surface area contributed by atoms with Crippen LogP contribution in [0.5, 0.6) is 0 Å². The van der Waals surface area contributed by atoms with Crippen LogP contribution in [0.3, 0.4) is 0 Å². The molecule has 5 nitrogen and oxygen atoms in total. The average Bonchev–Trinajstić information content (AvgIpc) is 2.23. The molecule has 0 aromatic carbocycles. The summed E-state index contributed by atoms with van der Waals surface area (Å²) in [5.74, 6) is 0.419. The number of carbonyl (C=O) groups is 2. The topological polar surface area (TPSA) is 70.2 Å². The lowest BCUT2D eigenvalue weighted by atomic mass is 10.2. The van der Waals surface area contributed by atoms with Gasteiger partial charge in [0.25, 0.3) is 0 Å². The zero-order chi connectivity index (χ0) is 12.4. The summed E-state index contributed by atoms with van der Waals surface area (Å²) in [4.78, 5) is 22.4. The van der Waals surface area contributed by atoms with Crippen molar-refractivity contribution in [1.29, 1.82) is 0 Å². The van der Waals surface area contributed by atoms with Gasteiger partial charge >= 0.3 is 0 Å². The summed E-state index contributed by atoms with van der Waals surface area (Å²) in [5, 5.41) is 8.38. The van der Waals surface area contributed by atoms with E-state index in [9.17, 15) is 9.59 Å². The van der Waals surface area contributed by atoms with E-state index < -0.39 is 0 Å². The van der Waals surface area contributed by atoms with Gasteiger partial charge in [-0.25, -0.2) is 0 Å². The standard InChI is InChI=1S/C11H23N3O2/c1-9(2)8-14-11(16)5-7-13-10(15)4-6-12-3/h9,12H,4-8H2,1-3H3,(H,13,15)(H,14,16). The predicted octanol–water partition coefficient (Wildman–Crippen LogP) is -0.126. The maximum absolute atomic E-state index is 11.3. The molecule has 0 heterocycles. The first kappa shape index (κ1) is 14.9. The second-order valence-corrected chi connectivity index (χ2v) is 4.15. The van der Waals surface area contributed by atoms with E-state index >= 15 is 0 Å². The van der Waals surface area contributed by atoms with Crippen LogP contribution in [-0.2, 0) is 9.59 Å². The molecule has 0 atom stereocenters. The first-order chi connectivity index (χ1) is 7.56. The van der Waals surface area contributed by atoms with Crippen LogP contribution < -0.4 is 16.0 Å². The summed E-state index contributed by atoms with van der Waals surface area (Å²) in [5.41, 5.74) is 0. The average molecular weight is 229 g/mol. The lowest BCUT2D eigenvalue weighted by molar-refractivity contribution is -0.122. The molecule has 5 heteroatoms. The van der Waals surface area contributed by atoms with E-state index in [1.807, 2.05) is 13.8 Å². The molecule has 0 bridgehead atoms. The van der Waals surface area contributed by atoms with Gasteiger partial charge in [-0.05, 0) is 13.0 Å². The predicted molar refractivity (Wildman–Crippen MR) is 64.0 cm³/mol. The SMILES string of the molecule is CNCCC(=O)NCCC(=O)NCC(C)C. The summed E-state index contributed by atoms with van der Waals surface area (Å²) in [7, 11) is 1.80. The van der Waals surface area contributed by atoms with Gasteiger partial charge in [0.15, 0.2) is 0 Å². The van der Waals surface area contributed by atoms with Gasteiger partial charge in [-0.2, -0.15) is 0 Å².